The minimum Gasteiger partial charge on any atom is -0.495 e. The highest BCUT2D eigenvalue weighted by Crippen LogP contribution is 2.37. The van der Waals surface area contributed by atoms with E-state index < -0.39 is 0 Å². The maximum atomic E-state index is 6.16. The van der Waals surface area contributed by atoms with Gasteiger partial charge in [0.2, 0.25) is 0 Å². The Kier molecular flexibility index (Phi) is 5.10. The van der Waals surface area contributed by atoms with Crippen LogP contribution in [0, 0.1) is 0 Å². The molecule has 2 rings (SSSR count). The summed E-state index contributed by atoms with van der Waals surface area (Å²) >= 11 is 0. The van der Waals surface area contributed by atoms with Gasteiger partial charge in [-0.05, 0) is 25.5 Å². The average molecular weight is 289 g/mol. The van der Waals surface area contributed by atoms with Gasteiger partial charge in [-0.25, -0.2) is 0 Å². The summed E-state index contributed by atoms with van der Waals surface area (Å²) in [5, 5.41) is 0. The standard InChI is InChI=1S/C17H27N3O/c1-4-5-6-9-12-17(2)13-19-16(18)20(17)14-10-7-8-11-15(14)21-3/h7-8,10-11H,4-6,9,12-13H2,1-3H3,(H2,18,19). The van der Waals surface area contributed by atoms with Crippen LogP contribution < -0.4 is 15.4 Å². The van der Waals surface area contributed by atoms with E-state index in [9.17, 15) is 0 Å². The van der Waals surface area contributed by atoms with Crippen molar-refractivity contribution in [3.8, 4) is 5.75 Å². The van der Waals surface area contributed by atoms with Gasteiger partial charge < -0.3 is 15.4 Å². The van der Waals surface area contributed by atoms with Crippen LogP contribution in [-0.2, 0) is 0 Å². The lowest BCUT2D eigenvalue weighted by Crippen LogP contribution is -2.50. The molecular formula is C17H27N3O. The van der Waals surface area contributed by atoms with Crippen molar-refractivity contribution < 1.29 is 4.74 Å². The molecule has 0 aromatic heterocycles. The fourth-order valence-corrected chi connectivity index (χ4v) is 3.02. The molecule has 1 aliphatic heterocycles. The molecule has 2 N–H and O–H groups in total. The smallest absolute Gasteiger partial charge is 0.196 e. The zero-order valence-corrected chi connectivity index (χ0v) is 13.4. The number of para-hydroxylation sites is 2. The van der Waals surface area contributed by atoms with Crippen LogP contribution in [0.3, 0.4) is 0 Å². The van der Waals surface area contributed by atoms with Crippen LogP contribution in [0.5, 0.6) is 5.75 Å². The third-order valence-electron chi connectivity index (χ3n) is 4.25. The number of nitrogens with zero attached hydrogens (tertiary/aromatic N) is 2. The highest BCUT2D eigenvalue weighted by atomic mass is 16.5. The van der Waals surface area contributed by atoms with Crippen LogP contribution in [0.4, 0.5) is 5.69 Å². The summed E-state index contributed by atoms with van der Waals surface area (Å²) in [6.45, 7) is 5.23. The van der Waals surface area contributed by atoms with E-state index in [0.717, 1.165) is 24.4 Å². The molecule has 1 unspecified atom stereocenters. The molecule has 0 aliphatic carbocycles. The molecular weight excluding hydrogens is 262 g/mol. The van der Waals surface area contributed by atoms with Crippen LogP contribution >= 0.6 is 0 Å². The summed E-state index contributed by atoms with van der Waals surface area (Å²) in [5.41, 5.74) is 7.12. The summed E-state index contributed by atoms with van der Waals surface area (Å²) in [5.74, 6) is 1.44. The second kappa shape index (κ2) is 6.83. The lowest BCUT2D eigenvalue weighted by molar-refractivity contribution is 0.403. The van der Waals surface area contributed by atoms with E-state index in [4.69, 9.17) is 10.5 Å². The summed E-state index contributed by atoms with van der Waals surface area (Å²) in [4.78, 5) is 6.64. The zero-order valence-electron chi connectivity index (χ0n) is 13.4. The van der Waals surface area contributed by atoms with Gasteiger partial charge in [-0.2, -0.15) is 0 Å². The van der Waals surface area contributed by atoms with E-state index in [0.29, 0.717) is 5.96 Å². The monoisotopic (exact) mass is 289 g/mol. The maximum Gasteiger partial charge on any atom is 0.196 e. The fourth-order valence-electron chi connectivity index (χ4n) is 3.02. The Morgan fingerprint density at radius 3 is 2.76 bits per heavy atom. The van der Waals surface area contributed by atoms with Crippen molar-refractivity contribution in [3.63, 3.8) is 0 Å². The molecule has 0 saturated carbocycles. The molecule has 0 radical (unpaired) electrons. The molecule has 0 saturated heterocycles. The molecule has 0 spiro atoms. The van der Waals surface area contributed by atoms with E-state index in [-0.39, 0.29) is 5.54 Å². The normalized spacial score (nSPS) is 21.5. The number of aliphatic imine (C=N–C) groups is 1. The van der Waals surface area contributed by atoms with Gasteiger partial charge in [-0.15, -0.1) is 0 Å². The van der Waals surface area contributed by atoms with Gasteiger partial charge in [0.25, 0.3) is 0 Å². The summed E-state index contributed by atoms with van der Waals surface area (Å²) in [7, 11) is 1.70. The number of nitrogens with two attached hydrogens (primary N) is 1. The molecule has 1 aliphatic rings. The topological polar surface area (TPSA) is 50.8 Å². The van der Waals surface area contributed by atoms with Crippen molar-refractivity contribution in [2.24, 2.45) is 10.7 Å². The van der Waals surface area contributed by atoms with Gasteiger partial charge in [0.15, 0.2) is 5.96 Å². The molecule has 0 fully saturated rings. The number of methoxy groups -OCH3 is 1. The number of rotatable bonds is 7. The first-order chi connectivity index (χ1) is 10.1. The number of ether oxygens (including phenoxy) is 1. The molecule has 116 valence electrons. The maximum absolute atomic E-state index is 6.16. The third kappa shape index (κ3) is 3.31. The van der Waals surface area contributed by atoms with E-state index in [1.807, 2.05) is 18.2 Å². The van der Waals surface area contributed by atoms with Gasteiger partial charge in [0.1, 0.15) is 5.75 Å². The highest BCUT2D eigenvalue weighted by molar-refractivity contribution is 5.99. The third-order valence-corrected chi connectivity index (χ3v) is 4.25. The second-order valence-corrected chi connectivity index (χ2v) is 5.99. The number of anilines is 1. The Bertz CT molecular complexity index is 501. The van der Waals surface area contributed by atoms with Crippen LogP contribution in [0.25, 0.3) is 0 Å². The minimum absolute atomic E-state index is 0.0491. The van der Waals surface area contributed by atoms with Crippen molar-refractivity contribution >= 4 is 11.6 Å². The Hall–Kier alpha value is -1.71. The Morgan fingerprint density at radius 2 is 2.05 bits per heavy atom. The van der Waals surface area contributed by atoms with Gasteiger partial charge >= 0.3 is 0 Å². The van der Waals surface area contributed by atoms with Crippen molar-refractivity contribution in [1.29, 1.82) is 0 Å². The number of guanidine groups is 1. The Labute approximate surface area is 128 Å². The van der Waals surface area contributed by atoms with Crippen LogP contribution in [-0.4, -0.2) is 25.2 Å². The molecule has 4 heteroatoms. The van der Waals surface area contributed by atoms with Gasteiger partial charge in [0.05, 0.1) is 24.9 Å². The van der Waals surface area contributed by atoms with Crippen LogP contribution in [0.2, 0.25) is 0 Å². The quantitative estimate of drug-likeness (QED) is 0.781. The first kappa shape index (κ1) is 15.7. The molecule has 0 bridgehead atoms. The molecule has 1 aromatic rings. The van der Waals surface area contributed by atoms with Gasteiger partial charge in [-0.1, -0.05) is 44.7 Å². The van der Waals surface area contributed by atoms with Crippen LogP contribution in [0.1, 0.15) is 46.0 Å². The number of benzene rings is 1. The van der Waals surface area contributed by atoms with Crippen molar-refractivity contribution in [2.45, 2.75) is 51.5 Å². The Morgan fingerprint density at radius 1 is 1.29 bits per heavy atom. The average Bonchev–Trinajstić information content (AvgIpc) is 2.79. The lowest BCUT2D eigenvalue weighted by Gasteiger charge is -2.37. The molecule has 4 nitrogen and oxygen atoms in total. The number of unbranched alkanes of at least 4 members (excludes halogenated alkanes) is 3. The lowest BCUT2D eigenvalue weighted by atomic mass is 9.92. The van der Waals surface area contributed by atoms with E-state index in [1.165, 1.54) is 25.7 Å². The molecule has 1 atom stereocenters. The van der Waals surface area contributed by atoms with Gasteiger partial charge in [0, 0.05) is 0 Å². The molecule has 21 heavy (non-hydrogen) atoms. The predicted molar refractivity (Wildman–Crippen MR) is 89.1 cm³/mol. The van der Waals surface area contributed by atoms with Crippen molar-refractivity contribution in [1.82, 2.24) is 0 Å². The summed E-state index contributed by atoms with van der Waals surface area (Å²) in [6.07, 6.45) is 6.12. The summed E-state index contributed by atoms with van der Waals surface area (Å²) < 4.78 is 5.49. The van der Waals surface area contributed by atoms with E-state index >= 15 is 0 Å². The zero-order chi connectivity index (χ0) is 15.3. The second-order valence-electron chi connectivity index (χ2n) is 5.99. The highest BCUT2D eigenvalue weighted by Gasteiger charge is 2.39. The minimum atomic E-state index is -0.0491. The number of hydrogen-bond acceptors (Lipinski definition) is 4. The van der Waals surface area contributed by atoms with E-state index in [2.05, 4.69) is 29.8 Å². The first-order valence-corrected chi connectivity index (χ1v) is 7.85. The predicted octanol–water partition coefficient (Wildman–Crippen LogP) is 3.56. The molecule has 1 aromatic carbocycles. The SMILES string of the molecule is CCCCCCC1(C)CN=C(N)N1c1ccccc1OC. The Balaban J connectivity index is 2.19. The van der Waals surface area contributed by atoms with Crippen LogP contribution in [0.15, 0.2) is 29.3 Å². The molecule has 1 heterocycles. The van der Waals surface area contributed by atoms with Crippen molar-refractivity contribution in [2.75, 3.05) is 18.6 Å². The largest absolute Gasteiger partial charge is 0.495 e. The fraction of sp³-hybridized carbons (Fsp3) is 0.588. The van der Waals surface area contributed by atoms with Crippen molar-refractivity contribution in [3.05, 3.63) is 24.3 Å². The summed E-state index contributed by atoms with van der Waals surface area (Å²) in [6, 6.07) is 8.01. The number of hydrogen-bond donors (Lipinski definition) is 1. The first-order valence-electron chi connectivity index (χ1n) is 7.85. The molecule has 0 amide bonds. The van der Waals surface area contributed by atoms with E-state index in [1.54, 1.807) is 7.11 Å². The van der Waals surface area contributed by atoms with Gasteiger partial charge in [-0.3, -0.25) is 4.99 Å².